The Labute approximate surface area is 134 Å². The first-order valence-corrected chi connectivity index (χ1v) is 7.29. The van der Waals surface area contributed by atoms with Gasteiger partial charge in [-0.15, -0.1) is 0 Å². The lowest BCUT2D eigenvalue weighted by Gasteiger charge is -2.08. The summed E-state index contributed by atoms with van der Waals surface area (Å²) in [5.41, 5.74) is 3.23. The average Bonchev–Trinajstić information content (AvgIpc) is 2.95. The monoisotopic (exact) mass is 307 g/mol. The Kier molecular flexibility index (Phi) is 4.10. The molecule has 2 N–H and O–H groups in total. The predicted octanol–water partition coefficient (Wildman–Crippen LogP) is 4.29. The maximum atomic E-state index is 12.3. The smallest absolute Gasteiger partial charge is 0.255 e. The number of anilines is 3. The quantitative estimate of drug-likeness (QED) is 0.754. The second-order valence-electron chi connectivity index (χ2n) is 5.29. The Morgan fingerprint density at radius 2 is 1.70 bits per heavy atom. The number of nitrogens with zero attached hydrogens (tertiary/aromatic N) is 1. The first-order chi connectivity index (χ1) is 11.1. The Bertz CT molecular complexity index is 822. The van der Waals surface area contributed by atoms with E-state index in [1.807, 2.05) is 68.4 Å². The van der Waals surface area contributed by atoms with Crippen LogP contribution in [0, 0.1) is 13.8 Å². The molecule has 5 heteroatoms. The molecule has 0 atom stereocenters. The van der Waals surface area contributed by atoms with Crippen LogP contribution in [-0.4, -0.2) is 11.1 Å². The Morgan fingerprint density at radius 3 is 2.35 bits per heavy atom. The molecule has 0 saturated carbocycles. The molecule has 116 valence electrons. The molecule has 1 amide bonds. The van der Waals surface area contributed by atoms with Gasteiger partial charge in [-0.1, -0.05) is 23.4 Å². The number of rotatable bonds is 4. The third-order valence-electron chi connectivity index (χ3n) is 3.43. The zero-order valence-electron chi connectivity index (χ0n) is 13.0. The number of amides is 1. The zero-order chi connectivity index (χ0) is 16.2. The molecule has 23 heavy (non-hydrogen) atoms. The van der Waals surface area contributed by atoms with Crippen LogP contribution in [0.4, 0.5) is 17.2 Å². The molecule has 0 bridgehead atoms. The first kappa shape index (κ1) is 14.8. The van der Waals surface area contributed by atoms with Crippen LogP contribution < -0.4 is 10.6 Å². The fourth-order valence-electron chi connectivity index (χ4n) is 2.24. The van der Waals surface area contributed by atoms with Crippen molar-refractivity contribution in [1.82, 2.24) is 5.16 Å². The third kappa shape index (κ3) is 3.58. The van der Waals surface area contributed by atoms with Gasteiger partial charge in [-0.05, 0) is 49.7 Å². The van der Waals surface area contributed by atoms with Gasteiger partial charge >= 0.3 is 0 Å². The molecule has 0 unspecified atom stereocenters. The van der Waals surface area contributed by atoms with Gasteiger partial charge in [-0.2, -0.15) is 0 Å². The maximum Gasteiger partial charge on any atom is 0.255 e. The molecule has 0 aliphatic rings. The first-order valence-electron chi connectivity index (χ1n) is 7.29. The summed E-state index contributed by atoms with van der Waals surface area (Å²) in [4.78, 5) is 12.3. The van der Waals surface area contributed by atoms with Crippen LogP contribution in [0.3, 0.4) is 0 Å². The van der Waals surface area contributed by atoms with Crippen LogP contribution in [0.25, 0.3) is 0 Å². The van der Waals surface area contributed by atoms with Crippen molar-refractivity contribution < 1.29 is 9.32 Å². The van der Waals surface area contributed by atoms with Gasteiger partial charge in [-0.25, -0.2) is 0 Å². The van der Waals surface area contributed by atoms with Crippen LogP contribution in [0.5, 0.6) is 0 Å². The summed E-state index contributed by atoms with van der Waals surface area (Å²) < 4.78 is 5.00. The molecule has 0 radical (unpaired) electrons. The normalized spacial score (nSPS) is 10.3. The van der Waals surface area contributed by atoms with Gasteiger partial charge in [0, 0.05) is 23.0 Å². The summed E-state index contributed by atoms with van der Waals surface area (Å²) in [5, 5.41) is 9.90. The minimum atomic E-state index is -0.115. The van der Waals surface area contributed by atoms with E-state index in [9.17, 15) is 4.79 Å². The highest BCUT2D eigenvalue weighted by Crippen LogP contribution is 2.19. The molecular formula is C18H17N3O2. The van der Waals surface area contributed by atoms with E-state index in [0.29, 0.717) is 11.4 Å². The van der Waals surface area contributed by atoms with E-state index in [4.69, 9.17) is 4.52 Å². The van der Waals surface area contributed by atoms with Gasteiger partial charge in [0.1, 0.15) is 5.76 Å². The molecule has 3 rings (SSSR count). The SMILES string of the molecule is Cc1cc(Nc2ccc(NC(=O)c3ccccc3C)cc2)no1. The van der Waals surface area contributed by atoms with E-state index in [-0.39, 0.29) is 5.91 Å². The van der Waals surface area contributed by atoms with E-state index < -0.39 is 0 Å². The molecule has 0 spiro atoms. The number of carbonyl (C=O) groups excluding carboxylic acids is 1. The summed E-state index contributed by atoms with van der Waals surface area (Å²) in [6.45, 7) is 3.75. The van der Waals surface area contributed by atoms with Crippen molar-refractivity contribution in [3.63, 3.8) is 0 Å². The summed E-state index contributed by atoms with van der Waals surface area (Å²) in [5.74, 6) is 1.28. The number of carbonyl (C=O) groups is 1. The number of hydrogen-bond acceptors (Lipinski definition) is 4. The van der Waals surface area contributed by atoms with E-state index in [1.165, 1.54) is 0 Å². The van der Waals surface area contributed by atoms with E-state index in [0.717, 1.165) is 22.7 Å². The number of nitrogens with one attached hydrogen (secondary N) is 2. The van der Waals surface area contributed by atoms with Crippen molar-refractivity contribution in [2.24, 2.45) is 0 Å². The number of aromatic nitrogens is 1. The predicted molar refractivity (Wildman–Crippen MR) is 90.1 cm³/mol. The van der Waals surface area contributed by atoms with Crippen LogP contribution in [-0.2, 0) is 0 Å². The molecule has 2 aromatic carbocycles. The lowest BCUT2D eigenvalue weighted by Crippen LogP contribution is -2.13. The van der Waals surface area contributed by atoms with Gasteiger partial charge < -0.3 is 15.2 Å². The van der Waals surface area contributed by atoms with Crippen molar-refractivity contribution in [3.8, 4) is 0 Å². The molecule has 5 nitrogen and oxygen atoms in total. The Balaban J connectivity index is 1.68. The molecule has 3 aromatic rings. The Hall–Kier alpha value is -3.08. The number of aryl methyl sites for hydroxylation is 2. The standard InChI is InChI=1S/C18H17N3O2/c1-12-5-3-4-6-16(12)18(22)20-15-9-7-14(8-10-15)19-17-11-13(2)23-21-17/h3-11H,1-2H3,(H,19,21)(H,20,22). The average molecular weight is 307 g/mol. The van der Waals surface area contributed by atoms with Gasteiger partial charge in [0.05, 0.1) is 0 Å². The lowest BCUT2D eigenvalue weighted by molar-refractivity contribution is 0.102. The minimum Gasteiger partial charge on any atom is -0.360 e. The second kappa shape index (κ2) is 6.36. The molecule has 0 aliphatic heterocycles. The number of benzene rings is 2. The zero-order valence-corrected chi connectivity index (χ0v) is 13.0. The van der Waals surface area contributed by atoms with Crippen molar-refractivity contribution in [2.45, 2.75) is 13.8 Å². The van der Waals surface area contributed by atoms with Gasteiger partial charge in [0.2, 0.25) is 0 Å². The van der Waals surface area contributed by atoms with E-state index in [2.05, 4.69) is 15.8 Å². The summed E-state index contributed by atoms with van der Waals surface area (Å²) in [6, 6.07) is 16.7. The van der Waals surface area contributed by atoms with Crippen molar-refractivity contribution in [1.29, 1.82) is 0 Å². The molecule has 0 fully saturated rings. The van der Waals surface area contributed by atoms with Gasteiger partial charge in [0.15, 0.2) is 5.82 Å². The molecule has 0 saturated heterocycles. The van der Waals surface area contributed by atoms with Crippen LogP contribution in [0.15, 0.2) is 59.1 Å². The largest absolute Gasteiger partial charge is 0.360 e. The topological polar surface area (TPSA) is 67.2 Å². The summed E-state index contributed by atoms with van der Waals surface area (Å²) in [6.07, 6.45) is 0. The van der Waals surface area contributed by atoms with E-state index >= 15 is 0 Å². The van der Waals surface area contributed by atoms with Crippen molar-refractivity contribution in [2.75, 3.05) is 10.6 Å². The van der Waals surface area contributed by atoms with Crippen molar-refractivity contribution in [3.05, 3.63) is 71.5 Å². The highest BCUT2D eigenvalue weighted by molar-refractivity contribution is 6.05. The lowest BCUT2D eigenvalue weighted by atomic mass is 10.1. The summed E-state index contributed by atoms with van der Waals surface area (Å²) in [7, 11) is 0. The second-order valence-corrected chi connectivity index (χ2v) is 5.29. The number of hydrogen-bond donors (Lipinski definition) is 2. The highest BCUT2D eigenvalue weighted by Gasteiger charge is 2.08. The van der Waals surface area contributed by atoms with Crippen LogP contribution >= 0.6 is 0 Å². The molecular weight excluding hydrogens is 290 g/mol. The third-order valence-corrected chi connectivity index (χ3v) is 3.43. The molecule has 0 aliphatic carbocycles. The highest BCUT2D eigenvalue weighted by atomic mass is 16.5. The Morgan fingerprint density at radius 1 is 1.00 bits per heavy atom. The summed E-state index contributed by atoms with van der Waals surface area (Å²) >= 11 is 0. The molecule has 1 heterocycles. The van der Waals surface area contributed by atoms with Gasteiger partial charge in [0.25, 0.3) is 5.91 Å². The maximum absolute atomic E-state index is 12.3. The van der Waals surface area contributed by atoms with E-state index in [1.54, 1.807) is 0 Å². The van der Waals surface area contributed by atoms with Crippen LogP contribution in [0.1, 0.15) is 21.7 Å². The fraction of sp³-hybridized carbons (Fsp3) is 0.111. The minimum absolute atomic E-state index is 0.115. The van der Waals surface area contributed by atoms with Gasteiger partial charge in [-0.3, -0.25) is 4.79 Å². The van der Waals surface area contributed by atoms with Crippen LogP contribution in [0.2, 0.25) is 0 Å². The van der Waals surface area contributed by atoms with Crippen molar-refractivity contribution >= 4 is 23.1 Å². The fourth-order valence-corrected chi connectivity index (χ4v) is 2.24. The molecule has 1 aromatic heterocycles.